The minimum Gasteiger partial charge on any atom is -0.454 e. The first-order valence-corrected chi connectivity index (χ1v) is 11.3. The van der Waals surface area contributed by atoms with E-state index in [0.717, 1.165) is 30.6 Å². The first-order valence-electron chi connectivity index (χ1n) is 9.43. The molecular formula is C21H28N2O5S. The molecular weight excluding hydrogens is 392 g/mol. The zero-order valence-corrected chi connectivity index (χ0v) is 18.3. The molecule has 158 valence electrons. The standard InChI is InChI=1S/C21H28N2O5S/c1-14(2)9-10-23-15(3)11-19(16(23)4)20(24)13-28-21(25)17-7-6-8-18(12-17)22-29(5,26)27/h6-8,11-12,14,22H,9-10,13H2,1-5H3. The fourth-order valence-electron chi connectivity index (χ4n) is 3.03. The van der Waals surface area contributed by atoms with Gasteiger partial charge in [-0.25, -0.2) is 13.2 Å². The molecule has 0 atom stereocenters. The number of aromatic nitrogens is 1. The van der Waals surface area contributed by atoms with Gasteiger partial charge in [-0.05, 0) is 50.5 Å². The molecule has 0 aliphatic rings. The molecule has 29 heavy (non-hydrogen) atoms. The number of hydrogen-bond acceptors (Lipinski definition) is 5. The first-order chi connectivity index (χ1) is 13.5. The van der Waals surface area contributed by atoms with Crippen molar-refractivity contribution in [3.63, 3.8) is 0 Å². The molecule has 0 amide bonds. The van der Waals surface area contributed by atoms with Gasteiger partial charge >= 0.3 is 5.97 Å². The van der Waals surface area contributed by atoms with Crippen molar-refractivity contribution in [2.75, 3.05) is 17.6 Å². The third-order valence-electron chi connectivity index (χ3n) is 4.54. The molecule has 0 fully saturated rings. The van der Waals surface area contributed by atoms with Gasteiger partial charge in [0.15, 0.2) is 6.61 Å². The lowest BCUT2D eigenvalue weighted by Gasteiger charge is -2.11. The Kier molecular flexibility index (Phi) is 7.24. The molecule has 0 unspecified atom stereocenters. The molecule has 0 bridgehead atoms. The molecule has 0 saturated carbocycles. The normalized spacial score (nSPS) is 11.5. The van der Waals surface area contributed by atoms with E-state index in [1.54, 1.807) is 0 Å². The topological polar surface area (TPSA) is 94.5 Å². The molecule has 0 aliphatic carbocycles. The maximum atomic E-state index is 12.6. The molecule has 0 aliphatic heterocycles. The summed E-state index contributed by atoms with van der Waals surface area (Å²) in [4.78, 5) is 24.9. The van der Waals surface area contributed by atoms with E-state index in [1.807, 2.05) is 19.9 Å². The Morgan fingerprint density at radius 1 is 1.17 bits per heavy atom. The highest BCUT2D eigenvalue weighted by atomic mass is 32.2. The number of sulfonamides is 1. The quantitative estimate of drug-likeness (QED) is 0.494. The van der Waals surface area contributed by atoms with Gasteiger partial charge in [-0.1, -0.05) is 19.9 Å². The monoisotopic (exact) mass is 420 g/mol. The fraction of sp³-hybridized carbons (Fsp3) is 0.429. The summed E-state index contributed by atoms with van der Waals surface area (Å²) in [7, 11) is -3.46. The van der Waals surface area contributed by atoms with Crippen LogP contribution in [0.1, 0.15) is 52.4 Å². The molecule has 8 heteroatoms. The number of ether oxygens (including phenoxy) is 1. The lowest BCUT2D eigenvalue weighted by molar-refractivity contribution is 0.0474. The van der Waals surface area contributed by atoms with Crippen molar-refractivity contribution in [2.24, 2.45) is 5.92 Å². The molecule has 2 rings (SSSR count). The van der Waals surface area contributed by atoms with Gasteiger partial charge in [0.1, 0.15) is 0 Å². The SMILES string of the molecule is Cc1cc(C(=O)COC(=O)c2cccc(NS(C)(=O)=O)c2)c(C)n1CCC(C)C. The second kappa shape index (κ2) is 9.26. The maximum absolute atomic E-state index is 12.6. The zero-order valence-electron chi connectivity index (χ0n) is 17.5. The predicted molar refractivity (Wildman–Crippen MR) is 113 cm³/mol. The van der Waals surface area contributed by atoms with Crippen molar-refractivity contribution in [1.29, 1.82) is 0 Å². The fourth-order valence-corrected chi connectivity index (χ4v) is 3.59. The molecule has 0 spiro atoms. The number of carbonyl (C=O) groups excluding carboxylic acids is 2. The minimum atomic E-state index is -3.46. The number of Topliss-reactive ketones (excluding diaryl/α,β-unsaturated/α-hetero) is 1. The van der Waals surface area contributed by atoms with E-state index in [-0.39, 0.29) is 23.6 Å². The van der Waals surface area contributed by atoms with Crippen molar-refractivity contribution in [3.05, 3.63) is 52.8 Å². The first kappa shape index (κ1) is 22.7. The molecule has 1 N–H and O–H groups in total. The van der Waals surface area contributed by atoms with Crippen LogP contribution < -0.4 is 4.72 Å². The lowest BCUT2D eigenvalue weighted by Crippen LogP contribution is -2.16. The highest BCUT2D eigenvalue weighted by Gasteiger charge is 2.18. The van der Waals surface area contributed by atoms with Crippen LogP contribution in [-0.4, -0.2) is 37.6 Å². The molecule has 0 radical (unpaired) electrons. The van der Waals surface area contributed by atoms with Gasteiger partial charge in [-0.3, -0.25) is 9.52 Å². The second-order valence-electron chi connectivity index (χ2n) is 7.57. The number of hydrogen-bond donors (Lipinski definition) is 1. The van der Waals surface area contributed by atoms with Crippen molar-refractivity contribution in [3.8, 4) is 0 Å². The average Bonchev–Trinajstić information content (AvgIpc) is 2.90. The van der Waals surface area contributed by atoms with Gasteiger partial charge in [0.05, 0.1) is 11.8 Å². The summed E-state index contributed by atoms with van der Waals surface area (Å²) in [5.41, 5.74) is 2.82. The van der Waals surface area contributed by atoms with E-state index in [4.69, 9.17) is 4.74 Å². The average molecular weight is 421 g/mol. The van der Waals surface area contributed by atoms with Crippen LogP contribution in [-0.2, 0) is 21.3 Å². The van der Waals surface area contributed by atoms with Gasteiger partial charge in [0, 0.05) is 29.2 Å². The van der Waals surface area contributed by atoms with Crippen molar-refractivity contribution < 1.29 is 22.7 Å². The van der Waals surface area contributed by atoms with Gasteiger partial charge < -0.3 is 9.30 Å². The van der Waals surface area contributed by atoms with Crippen LogP contribution in [0.3, 0.4) is 0 Å². The van der Waals surface area contributed by atoms with Crippen molar-refractivity contribution >= 4 is 27.5 Å². The lowest BCUT2D eigenvalue weighted by atomic mass is 10.1. The second-order valence-corrected chi connectivity index (χ2v) is 9.32. The van der Waals surface area contributed by atoms with E-state index in [9.17, 15) is 18.0 Å². The van der Waals surface area contributed by atoms with Crippen LogP contribution in [0.15, 0.2) is 30.3 Å². The van der Waals surface area contributed by atoms with Crippen LogP contribution in [0.25, 0.3) is 0 Å². The summed E-state index contributed by atoms with van der Waals surface area (Å²) in [6.45, 7) is 8.61. The minimum absolute atomic E-state index is 0.161. The summed E-state index contributed by atoms with van der Waals surface area (Å²) in [5, 5.41) is 0. The van der Waals surface area contributed by atoms with Crippen LogP contribution in [0, 0.1) is 19.8 Å². The third-order valence-corrected chi connectivity index (χ3v) is 5.15. The Labute approximate surface area is 172 Å². The van der Waals surface area contributed by atoms with Gasteiger partial charge in [0.25, 0.3) is 0 Å². The highest BCUT2D eigenvalue weighted by Crippen LogP contribution is 2.18. The molecule has 2 aromatic rings. The van der Waals surface area contributed by atoms with E-state index >= 15 is 0 Å². The molecule has 0 saturated heterocycles. The van der Waals surface area contributed by atoms with Gasteiger partial charge in [-0.2, -0.15) is 0 Å². The number of aryl methyl sites for hydroxylation is 1. The number of rotatable bonds is 9. The Morgan fingerprint density at radius 3 is 2.48 bits per heavy atom. The summed E-state index contributed by atoms with van der Waals surface area (Å²) in [6.07, 6.45) is 2.03. The molecule has 1 heterocycles. The Bertz CT molecular complexity index is 1010. The number of nitrogens with one attached hydrogen (secondary N) is 1. The maximum Gasteiger partial charge on any atom is 0.338 e. The highest BCUT2D eigenvalue weighted by molar-refractivity contribution is 7.92. The number of ketones is 1. The van der Waals surface area contributed by atoms with Crippen LogP contribution in [0.4, 0.5) is 5.69 Å². The Hall–Kier alpha value is -2.61. The number of benzene rings is 1. The smallest absolute Gasteiger partial charge is 0.338 e. The summed E-state index contributed by atoms with van der Waals surface area (Å²) >= 11 is 0. The third kappa shape index (κ3) is 6.45. The van der Waals surface area contributed by atoms with Crippen LogP contribution in [0.2, 0.25) is 0 Å². The van der Waals surface area contributed by atoms with E-state index in [1.165, 1.54) is 24.3 Å². The number of nitrogens with zero attached hydrogens (tertiary/aromatic N) is 1. The largest absolute Gasteiger partial charge is 0.454 e. The molecule has 7 nitrogen and oxygen atoms in total. The van der Waals surface area contributed by atoms with Crippen molar-refractivity contribution in [1.82, 2.24) is 4.57 Å². The summed E-state index contributed by atoms with van der Waals surface area (Å²) in [6, 6.07) is 7.75. The zero-order chi connectivity index (χ0) is 21.8. The summed E-state index contributed by atoms with van der Waals surface area (Å²) in [5.74, 6) is -0.402. The Balaban J connectivity index is 2.05. The number of carbonyl (C=O) groups is 2. The Morgan fingerprint density at radius 2 is 1.86 bits per heavy atom. The van der Waals surface area contributed by atoms with E-state index in [2.05, 4.69) is 23.1 Å². The van der Waals surface area contributed by atoms with Gasteiger partial charge in [0.2, 0.25) is 15.8 Å². The van der Waals surface area contributed by atoms with E-state index < -0.39 is 16.0 Å². The van der Waals surface area contributed by atoms with Crippen LogP contribution in [0.5, 0.6) is 0 Å². The molecule has 1 aromatic heterocycles. The molecule has 1 aromatic carbocycles. The summed E-state index contributed by atoms with van der Waals surface area (Å²) < 4.78 is 32.2. The number of esters is 1. The van der Waals surface area contributed by atoms with Crippen molar-refractivity contribution in [2.45, 2.75) is 40.7 Å². The van der Waals surface area contributed by atoms with E-state index in [0.29, 0.717) is 11.5 Å². The predicted octanol–water partition coefficient (Wildman–Crippen LogP) is 3.56. The number of anilines is 1. The van der Waals surface area contributed by atoms with Crippen LogP contribution >= 0.6 is 0 Å². The van der Waals surface area contributed by atoms with Gasteiger partial charge in [-0.15, -0.1) is 0 Å².